The molecule has 4 aromatic rings. The molecule has 0 atom stereocenters. The van der Waals surface area contributed by atoms with Crippen LogP contribution in [-0.4, -0.2) is 26.8 Å². The second-order valence-corrected chi connectivity index (χ2v) is 30.0. The third-order valence-electron chi connectivity index (χ3n) is 12.9. The van der Waals surface area contributed by atoms with Crippen LogP contribution in [-0.2, 0) is 0 Å². The molecule has 0 N–H and O–H groups in total. The first kappa shape index (κ1) is 48.0. The van der Waals surface area contributed by atoms with Crippen LogP contribution in [0.4, 0.5) is 22.7 Å². The Bertz CT molecular complexity index is 1830. The quantitative estimate of drug-likeness (QED) is 0.0870. The summed E-state index contributed by atoms with van der Waals surface area (Å²) in [5.41, 5.74) is 15.9. The molecule has 0 aliphatic carbocycles. The summed E-state index contributed by atoms with van der Waals surface area (Å²) in [6, 6.07) is 27.6. The molecule has 0 saturated heterocycles. The highest BCUT2D eigenvalue weighted by Gasteiger charge is 2.51. The van der Waals surface area contributed by atoms with Gasteiger partial charge >= 0.3 is 0 Å². The zero-order valence-electron chi connectivity index (χ0n) is 40.6. The molecule has 0 fully saturated rings. The van der Waals surface area contributed by atoms with E-state index in [9.17, 15) is 0 Å². The smallest absolute Gasteiger partial charge is 0.226 e. The standard InChI is InChI=1S/C54H74Cl2N4Si2/c1-33(2)41-21-17-22-42(34(3)4)49(41)57-29-30-58(50-43(35(5)6)23-18-24-44(50)36(7)8)53(57)61(55)62(56)54-59(51-45(37(9)10)25-19-26-46(51)38(11)12)31-32-60(54)52-47(39(13)14)27-20-28-48(52)40(15)16/h17-40,53-54H,1-16H3. The predicted molar refractivity (Wildman–Crippen MR) is 277 cm³/mol. The lowest BCUT2D eigenvalue weighted by molar-refractivity contribution is 0.777. The summed E-state index contributed by atoms with van der Waals surface area (Å²) in [4.78, 5) is 10.2. The highest BCUT2D eigenvalue weighted by atomic mass is 35.6. The number of benzene rings is 4. The van der Waals surface area contributed by atoms with Crippen molar-refractivity contribution in [2.24, 2.45) is 0 Å². The van der Waals surface area contributed by atoms with Gasteiger partial charge in [0.1, 0.15) is 11.6 Å². The van der Waals surface area contributed by atoms with Crippen molar-refractivity contribution in [3.63, 3.8) is 0 Å². The fraction of sp³-hybridized carbons (Fsp3) is 0.481. The minimum atomic E-state index is -1.99. The van der Waals surface area contributed by atoms with Crippen LogP contribution in [0.5, 0.6) is 0 Å². The number of hydrogen-bond acceptors (Lipinski definition) is 4. The Morgan fingerprint density at radius 2 is 0.452 bits per heavy atom. The maximum absolute atomic E-state index is 8.56. The van der Waals surface area contributed by atoms with Crippen LogP contribution in [0, 0.1) is 0 Å². The number of hydrogen-bond donors (Lipinski definition) is 0. The lowest BCUT2D eigenvalue weighted by atomic mass is 9.91. The first-order valence-corrected chi connectivity index (χ1v) is 29.5. The van der Waals surface area contributed by atoms with Gasteiger partial charge < -0.3 is 19.6 Å². The molecule has 332 valence electrons. The van der Waals surface area contributed by atoms with E-state index in [0.29, 0.717) is 47.3 Å². The third kappa shape index (κ3) is 9.10. The van der Waals surface area contributed by atoms with Crippen molar-refractivity contribution in [3.05, 3.63) is 142 Å². The first-order valence-electron chi connectivity index (χ1n) is 23.4. The van der Waals surface area contributed by atoms with Gasteiger partial charge in [-0.2, -0.15) is 22.2 Å². The van der Waals surface area contributed by atoms with Crippen LogP contribution in [0.2, 0.25) is 0 Å². The summed E-state index contributed by atoms with van der Waals surface area (Å²) in [5.74, 6) is 2.18. The molecule has 2 aliphatic heterocycles. The Hall–Kier alpha value is -3.43. The van der Waals surface area contributed by atoms with Crippen molar-refractivity contribution in [3.8, 4) is 0 Å². The fourth-order valence-corrected chi connectivity index (χ4v) is 18.1. The van der Waals surface area contributed by atoms with Gasteiger partial charge in [-0.3, -0.25) is 0 Å². The highest BCUT2D eigenvalue weighted by molar-refractivity contribution is 7.57. The van der Waals surface area contributed by atoms with E-state index in [4.69, 9.17) is 22.2 Å². The predicted octanol–water partition coefficient (Wildman–Crippen LogP) is 16.2. The van der Waals surface area contributed by atoms with E-state index in [-0.39, 0.29) is 11.6 Å². The second kappa shape index (κ2) is 19.8. The van der Waals surface area contributed by atoms with Crippen molar-refractivity contribution in [1.29, 1.82) is 0 Å². The number of halogens is 2. The van der Waals surface area contributed by atoms with Crippen LogP contribution >= 0.6 is 22.2 Å². The molecular weight excluding hydrogens is 832 g/mol. The molecule has 0 unspecified atom stereocenters. The van der Waals surface area contributed by atoms with Crippen molar-refractivity contribution < 1.29 is 0 Å². The Kier molecular flexibility index (Phi) is 15.3. The third-order valence-corrected chi connectivity index (χ3v) is 24.0. The lowest BCUT2D eigenvalue weighted by Gasteiger charge is -2.44. The molecule has 4 aromatic carbocycles. The van der Waals surface area contributed by atoms with E-state index in [1.54, 1.807) is 0 Å². The van der Waals surface area contributed by atoms with Gasteiger partial charge in [0.15, 0.2) is 0 Å². The van der Waals surface area contributed by atoms with Crippen LogP contribution in [0.1, 0.15) is 203 Å². The van der Waals surface area contributed by atoms with E-state index in [1.165, 1.54) is 67.3 Å². The monoisotopic (exact) mass is 904 g/mol. The number of para-hydroxylation sites is 4. The van der Waals surface area contributed by atoms with Crippen LogP contribution in [0.3, 0.4) is 0 Å². The lowest BCUT2D eigenvalue weighted by Crippen LogP contribution is -2.62. The van der Waals surface area contributed by atoms with Crippen molar-refractivity contribution in [2.75, 3.05) is 19.6 Å². The topological polar surface area (TPSA) is 13.0 Å². The number of nitrogens with zero attached hydrogens (tertiary/aromatic N) is 4. The molecule has 0 aromatic heterocycles. The van der Waals surface area contributed by atoms with Gasteiger partial charge in [0.25, 0.3) is 0 Å². The maximum atomic E-state index is 8.56. The Morgan fingerprint density at radius 3 is 0.581 bits per heavy atom. The first-order chi connectivity index (χ1) is 29.3. The normalized spacial score (nSPS) is 15.4. The summed E-state index contributed by atoms with van der Waals surface area (Å²) in [6.45, 7) is 37.1. The number of rotatable bonds is 15. The second-order valence-electron chi connectivity index (χ2n) is 20.0. The minimum absolute atomic E-state index is 0.193. The molecular formula is C54H74Cl2N4Si2. The Morgan fingerprint density at radius 1 is 0.306 bits per heavy atom. The molecule has 8 heteroatoms. The van der Waals surface area contributed by atoms with E-state index in [2.05, 4.69) is 228 Å². The van der Waals surface area contributed by atoms with E-state index >= 15 is 0 Å². The molecule has 0 bridgehead atoms. The van der Waals surface area contributed by atoms with E-state index in [1.807, 2.05) is 0 Å². The molecule has 0 saturated carbocycles. The van der Waals surface area contributed by atoms with Crippen LogP contribution in [0.25, 0.3) is 0 Å². The molecule has 0 spiro atoms. The summed E-state index contributed by atoms with van der Waals surface area (Å²) in [5, 5.41) is 0. The Balaban J connectivity index is 1.66. The van der Waals surface area contributed by atoms with Crippen molar-refractivity contribution in [1.82, 2.24) is 0 Å². The summed E-state index contributed by atoms with van der Waals surface area (Å²) >= 11 is 17.1. The molecule has 2 radical (unpaired) electrons. The van der Waals surface area contributed by atoms with Gasteiger partial charge in [-0.1, -0.05) is 184 Å². The maximum Gasteiger partial charge on any atom is 0.226 e. The van der Waals surface area contributed by atoms with Gasteiger partial charge in [-0.05, 0) is 91.9 Å². The summed E-state index contributed by atoms with van der Waals surface area (Å²) < 4.78 is 0. The van der Waals surface area contributed by atoms with Gasteiger partial charge in [0.2, 0.25) is 15.2 Å². The van der Waals surface area contributed by atoms with Gasteiger partial charge in [0, 0.05) is 47.5 Å². The largest absolute Gasteiger partial charge is 0.327 e. The van der Waals surface area contributed by atoms with Crippen LogP contribution < -0.4 is 19.6 Å². The van der Waals surface area contributed by atoms with Crippen LogP contribution in [0.15, 0.2) is 97.6 Å². The molecule has 4 nitrogen and oxygen atoms in total. The highest BCUT2D eigenvalue weighted by Crippen LogP contribution is 2.48. The van der Waals surface area contributed by atoms with Crippen molar-refractivity contribution >= 4 is 60.2 Å². The SMILES string of the molecule is CC(C)c1cccc(C(C)C)c1N1C=CN(c2c(C(C)C)cccc2C(C)C)C1[Si](Cl)[Si](Cl)C1N(c2c(C(C)C)cccc2C(C)C)C=CN1c1c(C(C)C)cccc1C(C)C. The van der Waals surface area contributed by atoms with Gasteiger partial charge in [-0.15, -0.1) is 0 Å². The molecule has 62 heavy (non-hydrogen) atoms. The van der Waals surface area contributed by atoms with Gasteiger partial charge in [-0.25, -0.2) is 0 Å². The van der Waals surface area contributed by atoms with E-state index < -0.39 is 15.2 Å². The molecule has 6 rings (SSSR count). The summed E-state index contributed by atoms with van der Waals surface area (Å²) in [7, 11) is -3.98. The molecule has 2 heterocycles. The van der Waals surface area contributed by atoms with Gasteiger partial charge in [0.05, 0.1) is 0 Å². The molecule has 2 aliphatic rings. The zero-order valence-corrected chi connectivity index (χ0v) is 44.1. The minimum Gasteiger partial charge on any atom is -0.327 e. The van der Waals surface area contributed by atoms with E-state index in [0.717, 1.165) is 0 Å². The summed E-state index contributed by atoms with van der Waals surface area (Å²) in [6.07, 6.45) is 9.32. The average Bonchev–Trinajstić information content (AvgIpc) is 3.86. The molecule has 0 amide bonds. The number of anilines is 4. The average molecular weight is 906 g/mol. The Labute approximate surface area is 389 Å². The zero-order chi connectivity index (χ0) is 45.5. The van der Waals surface area contributed by atoms with Crippen molar-refractivity contribution in [2.45, 2.75) is 170 Å². The fourth-order valence-electron chi connectivity index (χ4n) is 9.64.